The predicted octanol–water partition coefficient (Wildman–Crippen LogP) is 0.814. The molecule has 2 rings (SSSR count). The first-order chi connectivity index (χ1) is 11.5. The Morgan fingerprint density at radius 1 is 1.25 bits per heavy atom. The lowest BCUT2D eigenvalue weighted by molar-refractivity contribution is -0.928. The number of benzene rings is 1. The van der Waals surface area contributed by atoms with Crippen LogP contribution in [0.3, 0.4) is 0 Å². The van der Waals surface area contributed by atoms with Crippen molar-refractivity contribution >= 4 is 15.7 Å². The van der Waals surface area contributed by atoms with Crippen molar-refractivity contribution in [2.75, 3.05) is 25.4 Å². The van der Waals surface area contributed by atoms with Gasteiger partial charge in [0.05, 0.1) is 29.8 Å². The van der Waals surface area contributed by atoms with Gasteiger partial charge in [-0.2, -0.15) is 0 Å². The third-order valence-electron chi connectivity index (χ3n) is 4.78. The van der Waals surface area contributed by atoms with Gasteiger partial charge in [0, 0.05) is 19.4 Å². The fraction of sp³-hybridized carbons (Fsp3) is 0.611. The van der Waals surface area contributed by atoms with Crippen LogP contribution in [0.5, 0.6) is 0 Å². The van der Waals surface area contributed by atoms with Crippen LogP contribution in [-0.2, 0) is 14.6 Å². The van der Waals surface area contributed by atoms with Crippen molar-refractivity contribution in [2.45, 2.75) is 50.0 Å². The molecule has 1 saturated heterocycles. The summed E-state index contributed by atoms with van der Waals surface area (Å²) >= 11 is 0. The maximum absolute atomic E-state index is 12.1. The number of hydrogen-bond acceptors (Lipinski definition) is 3. The van der Waals surface area contributed by atoms with E-state index in [0.29, 0.717) is 12.6 Å². The van der Waals surface area contributed by atoms with E-state index >= 15 is 0 Å². The van der Waals surface area contributed by atoms with E-state index in [-0.39, 0.29) is 23.0 Å². The topological polar surface area (TPSA) is 67.7 Å². The molecule has 1 fully saturated rings. The lowest BCUT2D eigenvalue weighted by Gasteiger charge is -2.30. The van der Waals surface area contributed by atoms with Crippen molar-refractivity contribution in [1.29, 1.82) is 0 Å². The van der Waals surface area contributed by atoms with Crippen LogP contribution in [0.15, 0.2) is 35.2 Å². The van der Waals surface area contributed by atoms with Gasteiger partial charge in [-0.25, -0.2) is 8.42 Å². The van der Waals surface area contributed by atoms with Crippen molar-refractivity contribution in [1.82, 2.24) is 5.32 Å². The summed E-state index contributed by atoms with van der Waals surface area (Å²) in [6.45, 7) is 5.22. The average Bonchev–Trinajstić information content (AvgIpc) is 2.59. The molecule has 1 aromatic rings. The molecule has 0 aromatic heterocycles. The number of carbonyl (C=O) groups excluding carboxylic acids is 1. The Bertz CT molecular complexity index is 616. The van der Waals surface area contributed by atoms with Crippen molar-refractivity contribution in [3.63, 3.8) is 0 Å². The van der Waals surface area contributed by atoms with Crippen molar-refractivity contribution in [2.24, 2.45) is 0 Å². The van der Waals surface area contributed by atoms with Crippen LogP contribution in [-0.4, -0.2) is 45.8 Å². The molecule has 5 nitrogen and oxygen atoms in total. The molecular formula is C18H29N2O3S+. The van der Waals surface area contributed by atoms with Crippen LogP contribution in [0, 0.1) is 0 Å². The molecule has 1 amide bonds. The maximum atomic E-state index is 12.1. The first kappa shape index (κ1) is 18.9. The second-order valence-corrected chi connectivity index (χ2v) is 8.75. The number of amides is 1. The normalized spacial score (nSPS) is 21.4. The molecule has 1 unspecified atom stereocenters. The van der Waals surface area contributed by atoms with Crippen LogP contribution in [0.25, 0.3) is 0 Å². The summed E-state index contributed by atoms with van der Waals surface area (Å²) in [5.41, 5.74) is 0. The lowest BCUT2D eigenvalue weighted by Crippen LogP contribution is -3.16. The number of rotatable bonds is 8. The standard InChI is InChI=1S/C18H28N2O3S/c1-16-8-5-6-13-20(16)14-7-12-19-18(21)11-15-24(22,23)17-9-3-2-4-10-17/h2-4,9-10,16H,5-8,11-15H2,1H3,(H,19,21)/p+1/t16-/m1/s1. The van der Waals surface area contributed by atoms with Gasteiger partial charge in [-0.1, -0.05) is 18.2 Å². The fourth-order valence-corrected chi connectivity index (χ4v) is 4.49. The zero-order chi connectivity index (χ0) is 17.4. The highest BCUT2D eigenvalue weighted by Gasteiger charge is 2.21. The van der Waals surface area contributed by atoms with Gasteiger partial charge >= 0.3 is 0 Å². The molecule has 0 radical (unpaired) electrons. The van der Waals surface area contributed by atoms with Crippen molar-refractivity contribution in [3.8, 4) is 0 Å². The molecule has 1 aromatic carbocycles. The number of likely N-dealkylation sites (tertiary alicyclic amines) is 1. The van der Waals surface area contributed by atoms with Gasteiger partial charge in [-0.15, -0.1) is 0 Å². The number of sulfone groups is 1. The SMILES string of the molecule is C[C@@H]1CCCC[NH+]1CCCNC(=O)CCS(=O)(=O)c1ccccc1. The van der Waals surface area contributed by atoms with Crippen LogP contribution >= 0.6 is 0 Å². The minimum Gasteiger partial charge on any atom is -0.356 e. The molecule has 2 atom stereocenters. The summed E-state index contributed by atoms with van der Waals surface area (Å²) in [6, 6.07) is 9.00. The molecule has 1 aliphatic rings. The first-order valence-electron chi connectivity index (χ1n) is 8.88. The lowest BCUT2D eigenvalue weighted by atomic mass is 10.0. The summed E-state index contributed by atoms with van der Waals surface area (Å²) in [7, 11) is -3.38. The number of quaternary nitrogens is 1. The Morgan fingerprint density at radius 2 is 2.00 bits per heavy atom. The van der Waals surface area contributed by atoms with Crippen LogP contribution < -0.4 is 10.2 Å². The van der Waals surface area contributed by atoms with Crippen LogP contribution in [0.2, 0.25) is 0 Å². The Balaban J connectivity index is 1.65. The van der Waals surface area contributed by atoms with E-state index in [2.05, 4.69) is 12.2 Å². The van der Waals surface area contributed by atoms with Gasteiger partial charge in [-0.3, -0.25) is 4.79 Å². The van der Waals surface area contributed by atoms with Gasteiger partial charge in [-0.05, 0) is 38.3 Å². The van der Waals surface area contributed by atoms with Gasteiger partial charge in [0.2, 0.25) is 5.91 Å². The van der Waals surface area contributed by atoms with Crippen molar-refractivity contribution < 1.29 is 18.1 Å². The van der Waals surface area contributed by atoms with E-state index in [1.165, 1.54) is 25.8 Å². The fourth-order valence-electron chi connectivity index (χ4n) is 3.23. The van der Waals surface area contributed by atoms with Gasteiger partial charge in [0.25, 0.3) is 0 Å². The van der Waals surface area contributed by atoms with Gasteiger partial charge in [0.1, 0.15) is 0 Å². The molecule has 0 spiro atoms. The minimum atomic E-state index is -3.38. The zero-order valence-electron chi connectivity index (χ0n) is 14.5. The molecule has 0 bridgehead atoms. The second kappa shape index (κ2) is 9.18. The molecule has 0 saturated carbocycles. The highest BCUT2D eigenvalue weighted by Crippen LogP contribution is 2.10. The maximum Gasteiger partial charge on any atom is 0.221 e. The summed E-state index contributed by atoms with van der Waals surface area (Å²) in [5, 5.41) is 2.84. The minimum absolute atomic E-state index is 0.0181. The molecule has 24 heavy (non-hydrogen) atoms. The molecule has 134 valence electrons. The summed E-state index contributed by atoms with van der Waals surface area (Å²) < 4.78 is 24.3. The van der Waals surface area contributed by atoms with Crippen molar-refractivity contribution in [3.05, 3.63) is 30.3 Å². The van der Waals surface area contributed by atoms with Gasteiger partial charge < -0.3 is 10.2 Å². The number of piperidine rings is 1. The van der Waals surface area contributed by atoms with E-state index in [1.54, 1.807) is 35.2 Å². The number of hydrogen-bond donors (Lipinski definition) is 2. The van der Waals surface area contributed by atoms with E-state index < -0.39 is 9.84 Å². The molecule has 1 aliphatic heterocycles. The molecule has 2 N–H and O–H groups in total. The van der Waals surface area contributed by atoms with Crippen LogP contribution in [0.1, 0.15) is 39.0 Å². The monoisotopic (exact) mass is 353 g/mol. The van der Waals surface area contributed by atoms with E-state index in [4.69, 9.17) is 0 Å². The molecule has 0 aliphatic carbocycles. The predicted molar refractivity (Wildman–Crippen MR) is 94.7 cm³/mol. The van der Waals surface area contributed by atoms with E-state index in [0.717, 1.165) is 13.0 Å². The summed E-state index contributed by atoms with van der Waals surface area (Å²) in [4.78, 5) is 13.8. The Morgan fingerprint density at radius 3 is 2.71 bits per heavy atom. The molecule has 1 heterocycles. The molecular weight excluding hydrogens is 324 g/mol. The summed E-state index contributed by atoms with van der Waals surface area (Å²) in [6.07, 6.45) is 4.88. The van der Waals surface area contributed by atoms with E-state index in [1.807, 2.05) is 0 Å². The smallest absolute Gasteiger partial charge is 0.221 e. The van der Waals surface area contributed by atoms with E-state index in [9.17, 15) is 13.2 Å². The third-order valence-corrected chi connectivity index (χ3v) is 6.51. The highest BCUT2D eigenvalue weighted by molar-refractivity contribution is 7.91. The molecule has 6 heteroatoms. The number of nitrogens with one attached hydrogen (secondary N) is 2. The number of carbonyl (C=O) groups is 1. The third kappa shape index (κ3) is 5.91. The largest absolute Gasteiger partial charge is 0.356 e. The Hall–Kier alpha value is -1.40. The Labute approximate surface area is 145 Å². The Kier molecular flexibility index (Phi) is 7.24. The zero-order valence-corrected chi connectivity index (χ0v) is 15.3. The second-order valence-electron chi connectivity index (χ2n) is 6.64. The summed E-state index contributed by atoms with van der Waals surface area (Å²) in [5.74, 6) is -0.326. The highest BCUT2D eigenvalue weighted by atomic mass is 32.2. The van der Waals surface area contributed by atoms with Crippen LogP contribution in [0.4, 0.5) is 0 Å². The average molecular weight is 354 g/mol. The quantitative estimate of drug-likeness (QED) is 0.680. The van der Waals surface area contributed by atoms with Gasteiger partial charge in [0.15, 0.2) is 9.84 Å². The first-order valence-corrected chi connectivity index (χ1v) is 10.5.